The van der Waals surface area contributed by atoms with Gasteiger partial charge in [0, 0.05) is 36.0 Å². The van der Waals surface area contributed by atoms with Gasteiger partial charge in [-0.25, -0.2) is 0 Å². The summed E-state index contributed by atoms with van der Waals surface area (Å²) in [4.78, 5) is 4.03. The van der Waals surface area contributed by atoms with Gasteiger partial charge in [0.2, 0.25) is 0 Å². The lowest BCUT2D eigenvalue weighted by Gasteiger charge is -2.30. The summed E-state index contributed by atoms with van der Waals surface area (Å²) < 4.78 is 5.70. The van der Waals surface area contributed by atoms with Crippen LogP contribution in [0.1, 0.15) is 32.1 Å². The first-order valence-electron chi connectivity index (χ1n) is 7.78. The van der Waals surface area contributed by atoms with E-state index < -0.39 is 0 Å². The van der Waals surface area contributed by atoms with Crippen LogP contribution in [0.4, 0.5) is 0 Å². The van der Waals surface area contributed by atoms with E-state index in [9.17, 15) is 0 Å². The molecule has 0 bridgehead atoms. The van der Waals surface area contributed by atoms with Crippen molar-refractivity contribution < 1.29 is 4.74 Å². The summed E-state index contributed by atoms with van der Waals surface area (Å²) in [5.74, 6) is 0.615. The molecule has 1 aromatic rings. The van der Waals surface area contributed by atoms with Crippen molar-refractivity contribution in [2.45, 2.75) is 45.8 Å². The van der Waals surface area contributed by atoms with Gasteiger partial charge < -0.3 is 10.1 Å². The molecule has 0 radical (unpaired) electrons. The molecule has 1 aliphatic heterocycles. The molecule has 114 valence electrons. The summed E-state index contributed by atoms with van der Waals surface area (Å²) in [6.45, 7) is 11.8. The Labute approximate surface area is 127 Å². The van der Waals surface area contributed by atoms with Crippen molar-refractivity contribution in [2.24, 2.45) is 5.92 Å². The third kappa shape index (κ3) is 4.55. The molecule has 0 aliphatic carbocycles. The molecule has 2 unspecified atom stereocenters. The Kier molecular flexibility index (Phi) is 6.49. The van der Waals surface area contributed by atoms with Crippen molar-refractivity contribution in [2.75, 3.05) is 26.3 Å². The summed E-state index contributed by atoms with van der Waals surface area (Å²) in [5, 5.41) is 5.80. The van der Waals surface area contributed by atoms with Gasteiger partial charge in [-0.3, -0.25) is 4.90 Å². The van der Waals surface area contributed by atoms with Crippen molar-refractivity contribution in [3.63, 3.8) is 0 Å². The Morgan fingerprint density at radius 1 is 1.45 bits per heavy atom. The highest BCUT2D eigenvalue weighted by Crippen LogP contribution is 2.20. The number of thiophene rings is 1. The Morgan fingerprint density at radius 2 is 2.30 bits per heavy atom. The zero-order valence-corrected chi connectivity index (χ0v) is 13.8. The van der Waals surface area contributed by atoms with Crippen LogP contribution in [-0.4, -0.2) is 43.3 Å². The van der Waals surface area contributed by atoms with E-state index in [-0.39, 0.29) is 0 Å². The van der Waals surface area contributed by atoms with Gasteiger partial charge >= 0.3 is 0 Å². The molecule has 2 atom stereocenters. The molecular formula is C16H28N2OS. The first kappa shape index (κ1) is 16.0. The van der Waals surface area contributed by atoms with E-state index in [4.69, 9.17) is 4.74 Å². The summed E-state index contributed by atoms with van der Waals surface area (Å²) in [5.41, 5.74) is 0. The van der Waals surface area contributed by atoms with Gasteiger partial charge in [-0.15, -0.1) is 11.3 Å². The average Bonchev–Trinajstić information content (AvgIpc) is 3.07. The van der Waals surface area contributed by atoms with Crippen molar-refractivity contribution in [1.82, 2.24) is 10.2 Å². The van der Waals surface area contributed by atoms with E-state index in [1.54, 1.807) is 0 Å². The van der Waals surface area contributed by atoms with Gasteiger partial charge in [-0.2, -0.15) is 0 Å². The monoisotopic (exact) mass is 296 g/mol. The Balaban J connectivity index is 1.89. The van der Waals surface area contributed by atoms with Gasteiger partial charge in [-0.1, -0.05) is 13.0 Å². The highest BCUT2D eigenvalue weighted by molar-refractivity contribution is 7.09. The SMILES string of the molecule is CCCNC1COCC1CN(Cc1cccs1)C(C)C. The van der Waals surface area contributed by atoms with Crippen LogP contribution in [0.2, 0.25) is 0 Å². The zero-order chi connectivity index (χ0) is 14.4. The average molecular weight is 296 g/mol. The molecule has 1 saturated heterocycles. The number of nitrogens with zero attached hydrogens (tertiary/aromatic N) is 1. The summed E-state index contributed by atoms with van der Waals surface area (Å²) in [7, 11) is 0. The molecule has 1 fully saturated rings. The van der Waals surface area contributed by atoms with Crippen LogP contribution in [0.3, 0.4) is 0 Å². The lowest BCUT2D eigenvalue weighted by atomic mass is 10.0. The van der Waals surface area contributed by atoms with Crippen molar-refractivity contribution in [3.05, 3.63) is 22.4 Å². The topological polar surface area (TPSA) is 24.5 Å². The molecule has 0 spiro atoms. The molecule has 2 heterocycles. The van der Waals surface area contributed by atoms with Crippen LogP contribution in [0.5, 0.6) is 0 Å². The Hall–Kier alpha value is -0.420. The fraction of sp³-hybridized carbons (Fsp3) is 0.750. The van der Waals surface area contributed by atoms with Gasteiger partial charge in [0.1, 0.15) is 0 Å². The first-order chi connectivity index (χ1) is 9.70. The van der Waals surface area contributed by atoms with Crippen LogP contribution >= 0.6 is 11.3 Å². The number of hydrogen-bond acceptors (Lipinski definition) is 4. The fourth-order valence-electron chi connectivity index (χ4n) is 2.70. The maximum Gasteiger partial charge on any atom is 0.0623 e. The van der Waals surface area contributed by atoms with Gasteiger partial charge in [0.15, 0.2) is 0 Å². The zero-order valence-electron chi connectivity index (χ0n) is 13.0. The molecule has 0 saturated carbocycles. The third-order valence-corrected chi connectivity index (χ3v) is 4.85. The van der Waals surface area contributed by atoms with Gasteiger partial charge in [0.25, 0.3) is 0 Å². The summed E-state index contributed by atoms with van der Waals surface area (Å²) >= 11 is 1.85. The lowest BCUT2D eigenvalue weighted by Crippen LogP contribution is -2.43. The predicted molar refractivity (Wildman–Crippen MR) is 86.3 cm³/mol. The van der Waals surface area contributed by atoms with Crippen molar-refractivity contribution in [1.29, 1.82) is 0 Å². The quantitative estimate of drug-likeness (QED) is 0.798. The summed E-state index contributed by atoms with van der Waals surface area (Å²) in [6.07, 6.45) is 1.19. The lowest BCUT2D eigenvalue weighted by molar-refractivity contribution is 0.148. The number of rotatable bonds is 8. The van der Waals surface area contributed by atoms with E-state index in [0.717, 1.165) is 32.8 Å². The van der Waals surface area contributed by atoms with Gasteiger partial charge in [-0.05, 0) is 38.3 Å². The van der Waals surface area contributed by atoms with E-state index in [1.165, 1.54) is 11.3 Å². The molecule has 1 N–H and O–H groups in total. The molecule has 1 aromatic heterocycles. The molecule has 3 nitrogen and oxygen atoms in total. The minimum absolute atomic E-state index is 0.527. The summed E-state index contributed by atoms with van der Waals surface area (Å²) in [6, 6.07) is 5.48. The highest BCUT2D eigenvalue weighted by Gasteiger charge is 2.30. The molecule has 20 heavy (non-hydrogen) atoms. The molecule has 4 heteroatoms. The van der Waals surface area contributed by atoms with E-state index in [2.05, 4.69) is 48.5 Å². The molecule has 1 aliphatic rings. The molecule has 2 rings (SSSR count). The normalized spacial score (nSPS) is 23.1. The largest absolute Gasteiger partial charge is 0.379 e. The fourth-order valence-corrected chi connectivity index (χ4v) is 3.43. The number of ether oxygens (including phenoxy) is 1. The first-order valence-corrected chi connectivity index (χ1v) is 8.66. The number of hydrogen-bond donors (Lipinski definition) is 1. The molecule has 0 amide bonds. The Morgan fingerprint density at radius 3 is 2.95 bits per heavy atom. The van der Waals surface area contributed by atoms with Crippen LogP contribution < -0.4 is 5.32 Å². The second-order valence-corrected chi connectivity index (χ2v) is 6.99. The maximum absolute atomic E-state index is 5.70. The predicted octanol–water partition coefficient (Wildman–Crippen LogP) is 2.97. The standard InChI is InChI=1S/C16H28N2OS/c1-4-7-17-16-12-19-11-14(16)9-18(13(2)3)10-15-6-5-8-20-15/h5-6,8,13-14,16-17H,4,7,9-12H2,1-3H3. The number of nitrogens with one attached hydrogen (secondary N) is 1. The second-order valence-electron chi connectivity index (χ2n) is 5.96. The highest BCUT2D eigenvalue weighted by atomic mass is 32.1. The minimum atomic E-state index is 0.527. The maximum atomic E-state index is 5.70. The molecular weight excluding hydrogens is 268 g/mol. The molecule has 0 aromatic carbocycles. The Bertz CT molecular complexity index is 367. The van der Waals surface area contributed by atoms with Gasteiger partial charge in [0.05, 0.1) is 13.2 Å². The van der Waals surface area contributed by atoms with E-state index >= 15 is 0 Å². The minimum Gasteiger partial charge on any atom is -0.379 e. The van der Waals surface area contributed by atoms with E-state index in [0.29, 0.717) is 18.0 Å². The second kappa shape index (κ2) is 8.13. The van der Waals surface area contributed by atoms with Crippen LogP contribution in [0.25, 0.3) is 0 Å². The smallest absolute Gasteiger partial charge is 0.0623 e. The van der Waals surface area contributed by atoms with Crippen molar-refractivity contribution >= 4 is 11.3 Å². The van der Waals surface area contributed by atoms with Crippen LogP contribution in [0, 0.1) is 5.92 Å². The third-order valence-electron chi connectivity index (χ3n) is 3.99. The van der Waals surface area contributed by atoms with E-state index in [1.807, 2.05) is 11.3 Å². The van der Waals surface area contributed by atoms with Crippen LogP contribution in [0.15, 0.2) is 17.5 Å². The van der Waals surface area contributed by atoms with Crippen molar-refractivity contribution in [3.8, 4) is 0 Å². The van der Waals surface area contributed by atoms with Crippen LogP contribution in [-0.2, 0) is 11.3 Å².